The van der Waals surface area contributed by atoms with Crippen LogP contribution in [0.15, 0.2) is 30.3 Å². The summed E-state index contributed by atoms with van der Waals surface area (Å²) in [4.78, 5) is 23.0. The highest BCUT2D eigenvalue weighted by Gasteiger charge is 2.22. The molecule has 0 saturated heterocycles. The third-order valence-corrected chi connectivity index (χ3v) is 3.69. The van der Waals surface area contributed by atoms with Gasteiger partial charge in [-0.1, -0.05) is 30.3 Å². The molecule has 1 aromatic carbocycles. The lowest BCUT2D eigenvalue weighted by Gasteiger charge is -2.18. The number of hydrogen-bond acceptors (Lipinski definition) is 4. The lowest BCUT2D eigenvalue weighted by molar-refractivity contribution is -0.139. The Balaban J connectivity index is 2.68. The minimum absolute atomic E-state index is 0.219. The van der Waals surface area contributed by atoms with E-state index in [4.69, 9.17) is 5.11 Å². The van der Waals surface area contributed by atoms with Crippen molar-refractivity contribution in [2.24, 2.45) is 0 Å². The maximum atomic E-state index is 11.7. The van der Waals surface area contributed by atoms with Crippen LogP contribution in [-0.2, 0) is 14.6 Å². The highest BCUT2D eigenvalue weighted by atomic mass is 32.2. The molecule has 21 heavy (non-hydrogen) atoms. The lowest BCUT2D eigenvalue weighted by Crippen LogP contribution is -2.46. The van der Waals surface area contributed by atoms with Crippen LogP contribution in [0.25, 0.3) is 0 Å². The number of benzene rings is 1. The molecule has 0 aliphatic heterocycles. The molecule has 2 amide bonds. The second-order valence-electron chi connectivity index (χ2n) is 4.79. The van der Waals surface area contributed by atoms with E-state index >= 15 is 0 Å². The smallest absolute Gasteiger partial charge is 0.330 e. The van der Waals surface area contributed by atoms with Crippen molar-refractivity contribution < 1.29 is 23.1 Å². The zero-order valence-electron chi connectivity index (χ0n) is 11.7. The number of hydrogen-bond donors (Lipinski definition) is 3. The number of carbonyl (C=O) groups excluding carboxylic acids is 1. The van der Waals surface area contributed by atoms with Crippen LogP contribution in [0.2, 0.25) is 0 Å². The molecule has 3 N–H and O–H groups in total. The Morgan fingerprint density at radius 3 is 2.24 bits per heavy atom. The van der Waals surface area contributed by atoms with Crippen molar-refractivity contribution in [1.29, 1.82) is 0 Å². The van der Waals surface area contributed by atoms with E-state index in [0.717, 1.165) is 6.26 Å². The van der Waals surface area contributed by atoms with Crippen molar-refractivity contribution in [1.82, 2.24) is 10.6 Å². The van der Waals surface area contributed by atoms with Crippen LogP contribution >= 0.6 is 0 Å². The predicted octanol–water partition coefficient (Wildman–Crippen LogP) is 0.545. The third-order valence-electron chi connectivity index (χ3n) is 2.59. The maximum Gasteiger partial charge on any atom is 0.330 e. The van der Waals surface area contributed by atoms with Crippen molar-refractivity contribution in [3.63, 3.8) is 0 Å². The van der Waals surface area contributed by atoms with E-state index in [-0.39, 0.29) is 5.75 Å². The minimum atomic E-state index is -3.22. The molecule has 0 bridgehead atoms. The molecule has 7 nitrogen and oxygen atoms in total. The molecule has 0 aromatic heterocycles. The number of carbonyl (C=O) groups is 2. The number of carboxylic acid groups (broad SMARTS) is 1. The van der Waals surface area contributed by atoms with Gasteiger partial charge in [-0.25, -0.2) is 18.0 Å². The van der Waals surface area contributed by atoms with Gasteiger partial charge >= 0.3 is 12.0 Å². The summed E-state index contributed by atoms with van der Waals surface area (Å²) < 4.78 is 22.2. The number of aliphatic carboxylic acids is 1. The fourth-order valence-electron chi connectivity index (χ4n) is 1.83. The third kappa shape index (κ3) is 6.26. The van der Waals surface area contributed by atoms with Gasteiger partial charge in [-0.15, -0.1) is 0 Å². The monoisotopic (exact) mass is 314 g/mol. The van der Waals surface area contributed by atoms with Gasteiger partial charge in [0.1, 0.15) is 9.84 Å². The summed E-state index contributed by atoms with van der Waals surface area (Å²) in [5, 5.41) is 13.9. The van der Waals surface area contributed by atoms with Gasteiger partial charge in [0.2, 0.25) is 0 Å². The SMILES string of the molecule is CC(CS(C)(=O)=O)NC(=O)N[C@@H](C(=O)O)c1ccccc1. The molecule has 0 saturated carbocycles. The predicted molar refractivity (Wildman–Crippen MR) is 77.7 cm³/mol. The van der Waals surface area contributed by atoms with Crippen LogP contribution in [0.3, 0.4) is 0 Å². The Kier molecular flexibility index (Phi) is 5.71. The Hall–Kier alpha value is -2.09. The number of nitrogens with one attached hydrogen (secondary N) is 2. The topological polar surface area (TPSA) is 113 Å². The first-order valence-corrected chi connectivity index (χ1v) is 8.27. The highest BCUT2D eigenvalue weighted by Crippen LogP contribution is 2.12. The number of rotatable bonds is 6. The summed E-state index contributed by atoms with van der Waals surface area (Å²) in [5.74, 6) is -1.42. The van der Waals surface area contributed by atoms with Crippen molar-refractivity contribution >= 4 is 21.8 Å². The Labute approximate surface area is 123 Å². The van der Waals surface area contributed by atoms with Gasteiger partial charge in [-0.05, 0) is 12.5 Å². The molecule has 0 fully saturated rings. The minimum Gasteiger partial charge on any atom is -0.479 e. The quantitative estimate of drug-likeness (QED) is 0.709. The Morgan fingerprint density at radius 1 is 1.19 bits per heavy atom. The number of amides is 2. The van der Waals surface area contributed by atoms with Crippen molar-refractivity contribution in [2.45, 2.75) is 19.0 Å². The van der Waals surface area contributed by atoms with Gasteiger partial charge in [0.15, 0.2) is 6.04 Å². The van der Waals surface area contributed by atoms with Crippen LogP contribution in [0.1, 0.15) is 18.5 Å². The largest absolute Gasteiger partial charge is 0.479 e. The Morgan fingerprint density at radius 2 is 1.76 bits per heavy atom. The Bertz CT molecular complexity index is 600. The summed E-state index contributed by atoms with van der Waals surface area (Å²) >= 11 is 0. The van der Waals surface area contributed by atoms with E-state index < -0.39 is 33.9 Å². The van der Waals surface area contributed by atoms with E-state index in [9.17, 15) is 18.0 Å². The summed E-state index contributed by atoms with van der Waals surface area (Å²) in [6.07, 6.45) is 1.06. The second kappa shape index (κ2) is 7.07. The summed E-state index contributed by atoms with van der Waals surface area (Å²) in [7, 11) is -3.22. The molecule has 0 heterocycles. The fraction of sp³-hybridized carbons (Fsp3) is 0.385. The summed E-state index contributed by atoms with van der Waals surface area (Å²) in [5.41, 5.74) is 0.427. The van der Waals surface area contributed by atoms with Gasteiger partial charge in [0, 0.05) is 12.3 Å². The average Bonchev–Trinajstić information content (AvgIpc) is 2.34. The molecule has 0 aliphatic rings. The van der Waals surface area contributed by atoms with E-state index in [1.165, 1.54) is 6.92 Å². The van der Waals surface area contributed by atoms with Gasteiger partial charge in [0.25, 0.3) is 0 Å². The highest BCUT2D eigenvalue weighted by molar-refractivity contribution is 7.90. The molecule has 0 spiro atoms. The molecule has 0 aliphatic carbocycles. The van der Waals surface area contributed by atoms with Crippen LogP contribution in [0.4, 0.5) is 4.79 Å². The molecule has 0 radical (unpaired) electrons. The average molecular weight is 314 g/mol. The summed E-state index contributed by atoms with van der Waals surface area (Å²) in [6.45, 7) is 1.53. The van der Waals surface area contributed by atoms with E-state index in [0.29, 0.717) is 5.56 Å². The molecule has 116 valence electrons. The number of urea groups is 1. The van der Waals surface area contributed by atoms with Crippen LogP contribution in [0, 0.1) is 0 Å². The van der Waals surface area contributed by atoms with E-state index in [1.54, 1.807) is 30.3 Å². The van der Waals surface area contributed by atoms with Crippen molar-refractivity contribution in [3.05, 3.63) is 35.9 Å². The molecule has 8 heteroatoms. The van der Waals surface area contributed by atoms with Crippen LogP contribution in [0.5, 0.6) is 0 Å². The van der Waals surface area contributed by atoms with E-state index in [2.05, 4.69) is 10.6 Å². The summed E-state index contributed by atoms with van der Waals surface area (Å²) in [6, 6.07) is 5.67. The molecular formula is C13H18N2O5S. The lowest BCUT2D eigenvalue weighted by atomic mass is 10.1. The first kappa shape index (κ1) is 17.0. The molecular weight excluding hydrogens is 296 g/mol. The molecule has 1 unspecified atom stereocenters. The first-order chi connectivity index (χ1) is 9.69. The molecule has 1 aromatic rings. The first-order valence-electron chi connectivity index (χ1n) is 6.21. The van der Waals surface area contributed by atoms with Gasteiger partial charge in [-0.3, -0.25) is 0 Å². The van der Waals surface area contributed by atoms with Crippen LogP contribution in [-0.4, -0.2) is 43.6 Å². The number of sulfone groups is 1. The maximum absolute atomic E-state index is 11.7. The molecule has 2 atom stereocenters. The number of carboxylic acids is 1. The zero-order chi connectivity index (χ0) is 16.0. The van der Waals surface area contributed by atoms with Crippen molar-refractivity contribution in [2.75, 3.05) is 12.0 Å². The van der Waals surface area contributed by atoms with Crippen molar-refractivity contribution in [3.8, 4) is 0 Å². The van der Waals surface area contributed by atoms with Gasteiger partial charge < -0.3 is 15.7 Å². The van der Waals surface area contributed by atoms with Gasteiger partial charge in [-0.2, -0.15) is 0 Å². The normalized spacial score (nSPS) is 14.0. The standard InChI is InChI=1S/C13H18N2O5S/c1-9(8-21(2,19)20)14-13(18)15-11(12(16)17)10-6-4-3-5-7-10/h3-7,9,11H,8H2,1-2H3,(H,16,17)(H2,14,15,18)/t9?,11-/m1/s1. The van der Waals surface area contributed by atoms with Crippen LogP contribution < -0.4 is 10.6 Å². The zero-order valence-corrected chi connectivity index (χ0v) is 12.6. The second-order valence-corrected chi connectivity index (χ2v) is 6.98. The van der Waals surface area contributed by atoms with Gasteiger partial charge in [0.05, 0.1) is 5.75 Å². The molecule has 1 rings (SSSR count). The van der Waals surface area contributed by atoms with E-state index in [1.807, 2.05) is 0 Å². The fourth-order valence-corrected chi connectivity index (χ4v) is 2.82.